The molecule has 3 aromatic rings. The lowest BCUT2D eigenvalue weighted by Gasteiger charge is -2.35. The number of nitrogens with zero attached hydrogens (tertiary/aromatic N) is 1. The summed E-state index contributed by atoms with van der Waals surface area (Å²) in [6, 6.07) is 16.4. The summed E-state index contributed by atoms with van der Waals surface area (Å²) in [5, 5.41) is 16.3. The number of benzene rings is 2. The highest BCUT2D eigenvalue weighted by Gasteiger charge is 2.32. The Morgan fingerprint density at radius 3 is 2.14 bits per heavy atom. The first-order valence-corrected chi connectivity index (χ1v) is 7.39. The molecule has 0 unspecified atom stereocenters. The summed E-state index contributed by atoms with van der Waals surface area (Å²) >= 11 is 0. The van der Waals surface area contributed by atoms with Gasteiger partial charge in [0.1, 0.15) is 0 Å². The molecule has 108 valence electrons. The van der Waals surface area contributed by atoms with Gasteiger partial charge in [0.15, 0.2) is 0 Å². The molecule has 1 aliphatic heterocycles. The minimum Gasteiger partial charge on any atom is -0.389 e. The summed E-state index contributed by atoms with van der Waals surface area (Å²) in [6.45, 7) is 1.40. The number of hydrogen-bond donors (Lipinski definition) is 3. The third-order valence-corrected chi connectivity index (χ3v) is 4.52. The van der Waals surface area contributed by atoms with Gasteiger partial charge in [0, 0.05) is 40.9 Å². The minimum absolute atomic E-state index is 0.0430. The van der Waals surface area contributed by atoms with Crippen molar-refractivity contribution in [1.82, 2.24) is 9.88 Å². The highest BCUT2D eigenvalue weighted by atomic mass is 16.3. The Bertz CT molecular complexity index is 742. The standard InChI is InChI=1S/C17H19N3O/c18-13-9-19-10-16(17(13)21)20-14-7-3-1-5-11(14)12-6-2-4-8-15(12)20/h1-8,13,16-17,19,21H,9-10,18H2/t13-,16+,17+/m0/s1. The van der Waals surface area contributed by atoms with Gasteiger partial charge >= 0.3 is 0 Å². The van der Waals surface area contributed by atoms with E-state index in [1.807, 2.05) is 12.1 Å². The fourth-order valence-corrected chi connectivity index (χ4v) is 3.48. The zero-order valence-electron chi connectivity index (χ0n) is 11.7. The van der Waals surface area contributed by atoms with Crippen molar-refractivity contribution in [3.05, 3.63) is 48.5 Å². The highest BCUT2D eigenvalue weighted by Crippen LogP contribution is 2.33. The van der Waals surface area contributed by atoms with Crippen LogP contribution < -0.4 is 11.1 Å². The number of piperidine rings is 1. The van der Waals surface area contributed by atoms with E-state index in [-0.39, 0.29) is 12.1 Å². The van der Waals surface area contributed by atoms with Crippen LogP contribution in [0, 0.1) is 0 Å². The third kappa shape index (κ3) is 1.87. The first-order valence-electron chi connectivity index (χ1n) is 7.39. The lowest BCUT2D eigenvalue weighted by molar-refractivity contribution is 0.0697. The second-order valence-corrected chi connectivity index (χ2v) is 5.78. The predicted molar refractivity (Wildman–Crippen MR) is 85.3 cm³/mol. The highest BCUT2D eigenvalue weighted by molar-refractivity contribution is 6.08. The Hall–Kier alpha value is -1.88. The van der Waals surface area contributed by atoms with Gasteiger partial charge in [-0.2, -0.15) is 0 Å². The molecule has 21 heavy (non-hydrogen) atoms. The summed E-state index contributed by atoms with van der Waals surface area (Å²) in [7, 11) is 0. The molecule has 3 atom stereocenters. The lowest BCUT2D eigenvalue weighted by Crippen LogP contribution is -2.55. The molecule has 4 nitrogen and oxygen atoms in total. The van der Waals surface area contributed by atoms with Crippen molar-refractivity contribution in [2.45, 2.75) is 18.2 Å². The maximum absolute atomic E-state index is 10.5. The Balaban J connectivity index is 2.01. The number of hydrogen-bond acceptors (Lipinski definition) is 3. The summed E-state index contributed by atoms with van der Waals surface area (Å²) in [4.78, 5) is 0. The van der Waals surface area contributed by atoms with Gasteiger partial charge in [-0.1, -0.05) is 36.4 Å². The summed E-state index contributed by atoms with van der Waals surface area (Å²) in [5.74, 6) is 0. The second-order valence-electron chi connectivity index (χ2n) is 5.78. The van der Waals surface area contributed by atoms with Crippen LogP contribution in [0.4, 0.5) is 0 Å². The van der Waals surface area contributed by atoms with Crippen LogP contribution in [0.15, 0.2) is 48.5 Å². The zero-order chi connectivity index (χ0) is 14.4. The fraction of sp³-hybridized carbons (Fsp3) is 0.294. The van der Waals surface area contributed by atoms with Gasteiger partial charge in [-0.25, -0.2) is 0 Å². The van der Waals surface area contributed by atoms with E-state index < -0.39 is 6.10 Å². The number of aliphatic hydroxyl groups is 1. The molecule has 1 saturated heterocycles. The molecule has 0 aliphatic carbocycles. The summed E-state index contributed by atoms with van der Waals surface area (Å²) in [5.41, 5.74) is 8.34. The van der Waals surface area contributed by atoms with E-state index in [1.54, 1.807) is 0 Å². The van der Waals surface area contributed by atoms with E-state index in [9.17, 15) is 5.11 Å². The van der Waals surface area contributed by atoms with Crippen molar-refractivity contribution in [2.24, 2.45) is 5.73 Å². The van der Waals surface area contributed by atoms with Crippen molar-refractivity contribution in [3.63, 3.8) is 0 Å². The minimum atomic E-state index is -0.537. The molecular weight excluding hydrogens is 262 g/mol. The maximum Gasteiger partial charge on any atom is 0.0922 e. The topological polar surface area (TPSA) is 63.2 Å². The first kappa shape index (κ1) is 12.8. The monoisotopic (exact) mass is 281 g/mol. The van der Waals surface area contributed by atoms with Crippen LogP contribution in [0.1, 0.15) is 6.04 Å². The molecular formula is C17H19N3O. The SMILES string of the molecule is N[C@H]1CNC[C@@H](n2c3ccccc3c3ccccc32)[C@@H]1O. The molecule has 0 spiro atoms. The van der Waals surface area contributed by atoms with Gasteiger partial charge < -0.3 is 20.7 Å². The summed E-state index contributed by atoms with van der Waals surface area (Å²) in [6.07, 6.45) is -0.537. The van der Waals surface area contributed by atoms with Gasteiger partial charge in [-0.3, -0.25) is 0 Å². The van der Waals surface area contributed by atoms with E-state index in [0.29, 0.717) is 6.54 Å². The number of aromatic nitrogens is 1. The quantitative estimate of drug-likeness (QED) is 0.635. The number of rotatable bonds is 1. The van der Waals surface area contributed by atoms with Crippen LogP contribution in [0.25, 0.3) is 21.8 Å². The van der Waals surface area contributed by atoms with Gasteiger partial charge in [0.05, 0.1) is 12.1 Å². The van der Waals surface area contributed by atoms with Crippen LogP contribution in [0.5, 0.6) is 0 Å². The van der Waals surface area contributed by atoms with Crippen LogP contribution in [0.3, 0.4) is 0 Å². The molecule has 0 amide bonds. The van der Waals surface area contributed by atoms with E-state index in [2.05, 4.69) is 46.3 Å². The molecule has 0 radical (unpaired) electrons. The van der Waals surface area contributed by atoms with E-state index in [1.165, 1.54) is 10.8 Å². The molecule has 2 heterocycles. The number of aliphatic hydroxyl groups excluding tert-OH is 1. The Morgan fingerprint density at radius 2 is 1.52 bits per heavy atom. The molecule has 0 saturated carbocycles. The van der Waals surface area contributed by atoms with Crippen LogP contribution in [-0.2, 0) is 0 Å². The Morgan fingerprint density at radius 1 is 0.952 bits per heavy atom. The molecule has 4 heteroatoms. The van der Waals surface area contributed by atoms with Crippen LogP contribution in [0.2, 0.25) is 0 Å². The van der Waals surface area contributed by atoms with Crippen molar-refractivity contribution in [1.29, 1.82) is 0 Å². The van der Waals surface area contributed by atoms with Gasteiger partial charge in [-0.15, -0.1) is 0 Å². The predicted octanol–water partition coefficient (Wildman–Crippen LogP) is 1.63. The molecule has 2 aromatic carbocycles. The second kappa shape index (κ2) is 4.84. The Labute approximate surface area is 123 Å². The van der Waals surface area contributed by atoms with Crippen molar-refractivity contribution < 1.29 is 5.11 Å². The first-order chi connectivity index (χ1) is 10.3. The average Bonchev–Trinajstić information content (AvgIpc) is 2.85. The van der Waals surface area contributed by atoms with Crippen molar-refractivity contribution >= 4 is 21.8 Å². The molecule has 4 N–H and O–H groups in total. The molecule has 1 fully saturated rings. The molecule has 4 rings (SSSR count). The molecule has 1 aliphatic rings. The van der Waals surface area contributed by atoms with Crippen LogP contribution in [-0.4, -0.2) is 34.9 Å². The normalized spacial score (nSPS) is 26.5. The van der Waals surface area contributed by atoms with Gasteiger partial charge in [-0.05, 0) is 12.1 Å². The molecule has 1 aromatic heterocycles. The zero-order valence-corrected chi connectivity index (χ0v) is 11.7. The van der Waals surface area contributed by atoms with Crippen molar-refractivity contribution in [3.8, 4) is 0 Å². The third-order valence-electron chi connectivity index (χ3n) is 4.52. The van der Waals surface area contributed by atoms with Gasteiger partial charge in [0.25, 0.3) is 0 Å². The van der Waals surface area contributed by atoms with Crippen molar-refractivity contribution in [2.75, 3.05) is 13.1 Å². The lowest BCUT2D eigenvalue weighted by atomic mass is 9.99. The number of para-hydroxylation sites is 2. The van der Waals surface area contributed by atoms with Crippen LogP contribution >= 0.6 is 0 Å². The number of fused-ring (bicyclic) bond motifs is 3. The average molecular weight is 281 g/mol. The largest absolute Gasteiger partial charge is 0.389 e. The van der Waals surface area contributed by atoms with E-state index in [4.69, 9.17) is 5.73 Å². The number of nitrogens with two attached hydrogens (primary N) is 1. The Kier molecular flexibility index (Phi) is 2.96. The van der Waals surface area contributed by atoms with Gasteiger partial charge in [0.2, 0.25) is 0 Å². The van der Waals surface area contributed by atoms with E-state index in [0.717, 1.165) is 17.6 Å². The summed E-state index contributed by atoms with van der Waals surface area (Å²) < 4.78 is 2.24. The smallest absolute Gasteiger partial charge is 0.0922 e. The number of nitrogens with one attached hydrogen (secondary N) is 1. The maximum atomic E-state index is 10.5. The van der Waals surface area contributed by atoms with E-state index >= 15 is 0 Å². The fourth-order valence-electron chi connectivity index (χ4n) is 3.48. The molecule has 0 bridgehead atoms.